The van der Waals surface area contributed by atoms with Gasteiger partial charge in [0, 0.05) is 11.8 Å². The fraction of sp³-hybridized carbons (Fsp3) is 0.647. The number of primary amides is 1. The van der Waals surface area contributed by atoms with Crippen molar-refractivity contribution in [2.24, 2.45) is 11.5 Å². The third-order valence-electron chi connectivity index (χ3n) is 4.47. The minimum Gasteiger partial charge on any atom is -0.480 e. The summed E-state index contributed by atoms with van der Waals surface area (Å²) in [6, 6.07) is -6.30. The number of amides is 5. The molecule has 0 bridgehead atoms. The summed E-state index contributed by atoms with van der Waals surface area (Å²) in [7, 11) is 0. The van der Waals surface area contributed by atoms with Crippen LogP contribution < -0.4 is 32.7 Å². The zero-order chi connectivity index (χ0) is 24.6. The molecule has 180 valence electrons. The third-order valence-corrected chi connectivity index (χ3v) is 5.99. The third kappa shape index (κ3) is 7.97. The summed E-state index contributed by atoms with van der Waals surface area (Å²) < 4.78 is 0. The van der Waals surface area contributed by atoms with Crippen molar-refractivity contribution in [1.82, 2.24) is 21.3 Å². The van der Waals surface area contributed by atoms with Gasteiger partial charge in [-0.1, -0.05) is 0 Å². The van der Waals surface area contributed by atoms with Gasteiger partial charge in [0.25, 0.3) is 0 Å². The van der Waals surface area contributed by atoms with E-state index in [2.05, 4.69) is 21.3 Å². The van der Waals surface area contributed by atoms with E-state index < -0.39 is 84.0 Å². The highest BCUT2D eigenvalue weighted by molar-refractivity contribution is 8.00. The lowest BCUT2D eigenvalue weighted by Crippen LogP contribution is -2.59. The fourth-order valence-corrected chi connectivity index (χ4v) is 3.74. The summed E-state index contributed by atoms with van der Waals surface area (Å²) in [4.78, 5) is 72.6. The van der Waals surface area contributed by atoms with Crippen molar-refractivity contribution in [3.8, 4) is 0 Å². The second-order valence-electron chi connectivity index (χ2n) is 7.20. The maximum absolute atomic E-state index is 12.6. The molecule has 0 radical (unpaired) electrons. The Morgan fingerprint density at radius 1 is 0.969 bits per heavy atom. The summed E-state index contributed by atoms with van der Waals surface area (Å²) in [5, 5.41) is 26.9. The molecule has 1 aliphatic heterocycles. The van der Waals surface area contributed by atoms with E-state index in [1.54, 1.807) is 0 Å². The molecule has 0 aliphatic carbocycles. The van der Waals surface area contributed by atoms with Crippen LogP contribution in [0.1, 0.15) is 20.3 Å². The van der Waals surface area contributed by atoms with E-state index >= 15 is 0 Å². The van der Waals surface area contributed by atoms with Crippen molar-refractivity contribution in [3.63, 3.8) is 0 Å². The lowest BCUT2D eigenvalue weighted by molar-refractivity contribution is -0.138. The normalized spacial score (nSPS) is 31.0. The zero-order valence-electron chi connectivity index (χ0n) is 17.5. The van der Waals surface area contributed by atoms with Gasteiger partial charge in [-0.3, -0.25) is 28.8 Å². The number of aliphatic carboxylic acids is 1. The van der Waals surface area contributed by atoms with E-state index in [4.69, 9.17) is 11.5 Å². The second-order valence-corrected chi connectivity index (χ2v) is 8.38. The zero-order valence-corrected chi connectivity index (χ0v) is 18.3. The van der Waals surface area contributed by atoms with E-state index in [9.17, 15) is 39.0 Å². The van der Waals surface area contributed by atoms with Gasteiger partial charge in [-0.15, -0.1) is 11.8 Å². The molecule has 4 unspecified atom stereocenters. The van der Waals surface area contributed by atoms with Gasteiger partial charge in [0.1, 0.15) is 23.4 Å². The predicted molar refractivity (Wildman–Crippen MR) is 112 cm³/mol. The van der Waals surface area contributed by atoms with Gasteiger partial charge < -0.3 is 42.9 Å². The van der Waals surface area contributed by atoms with Crippen LogP contribution in [-0.4, -0.2) is 93.5 Å². The number of aliphatic hydroxyl groups excluding tert-OH is 1. The Labute approximate surface area is 187 Å². The average molecular weight is 477 g/mol. The van der Waals surface area contributed by atoms with Crippen LogP contribution in [0.3, 0.4) is 0 Å². The number of hydrogen-bond donors (Lipinski definition) is 8. The molecule has 15 heteroatoms. The summed E-state index contributed by atoms with van der Waals surface area (Å²) in [6.45, 7) is 1.87. The summed E-state index contributed by atoms with van der Waals surface area (Å²) in [5.41, 5.74) is 10.9. The van der Waals surface area contributed by atoms with Gasteiger partial charge in [0.15, 0.2) is 0 Å². The van der Waals surface area contributed by atoms with Crippen LogP contribution in [0.25, 0.3) is 0 Å². The van der Waals surface area contributed by atoms with Gasteiger partial charge >= 0.3 is 5.97 Å². The van der Waals surface area contributed by atoms with Crippen LogP contribution >= 0.6 is 11.8 Å². The number of carbonyl (C=O) groups is 6. The van der Waals surface area contributed by atoms with Crippen molar-refractivity contribution in [2.45, 2.75) is 55.7 Å². The van der Waals surface area contributed by atoms with Gasteiger partial charge in [0.2, 0.25) is 29.5 Å². The van der Waals surface area contributed by atoms with Crippen LogP contribution in [0.15, 0.2) is 0 Å². The number of carboxylic acids is 1. The molecule has 14 nitrogen and oxygen atoms in total. The van der Waals surface area contributed by atoms with Crippen LogP contribution in [-0.2, 0) is 28.8 Å². The monoisotopic (exact) mass is 476 g/mol. The maximum atomic E-state index is 12.6. The Bertz CT molecular complexity index is 765. The van der Waals surface area contributed by atoms with Gasteiger partial charge in [-0.25, -0.2) is 0 Å². The van der Waals surface area contributed by atoms with E-state index in [0.717, 1.165) is 11.8 Å². The van der Waals surface area contributed by atoms with Crippen LogP contribution in [0.2, 0.25) is 0 Å². The first-order valence-corrected chi connectivity index (χ1v) is 10.6. The molecule has 0 aromatic carbocycles. The van der Waals surface area contributed by atoms with Crippen LogP contribution in [0, 0.1) is 0 Å². The van der Waals surface area contributed by atoms with Crippen molar-refractivity contribution in [3.05, 3.63) is 0 Å². The van der Waals surface area contributed by atoms with Crippen LogP contribution in [0.4, 0.5) is 0 Å². The Balaban J connectivity index is 3.24. The summed E-state index contributed by atoms with van der Waals surface area (Å²) >= 11 is 0.771. The molecule has 6 atom stereocenters. The molecule has 10 N–H and O–H groups in total. The molecule has 5 amide bonds. The van der Waals surface area contributed by atoms with E-state index in [1.165, 1.54) is 13.8 Å². The number of nitrogens with two attached hydrogens (primary N) is 2. The van der Waals surface area contributed by atoms with E-state index in [-0.39, 0.29) is 5.75 Å². The smallest absolute Gasteiger partial charge is 0.318 e. The molecular weight excluding hydrogens is 448 g/mol. The summed E-state index contributed by atoms with van der Waals surface area (Å²) in [6.07, 6.45) is -0.573. The van der Waals surface area contributed by atoms with E-state index in [1.807, 2.05) is 0 Å². The quantitative estimate of drug-likeness (QED) is 0.193. The molecule has 0 aromatic heterocycles. The highest BCUT2D eigenvalue weighted by Gasteiger charge is 2.33. The number of aliphatic hydroxyl groups is 1. The molecule has 1 saturated heterocycles. The number of carbonyl (C=O) groups excluding carboxylic acids is 5. The van der Waals surface area contributed by atoms with Crippen molar-refractivity contribution in [2.75, 3.05) is 12.4 Å². The molecule has 1 heterocycles. The number of rotatable bonds is 4. The maximum Gasteiger partial charge on any atom is 0.318 e. The van der Waals surface area contributed by atoms with Gasteiger partial charge in [-0.2, -0.15) is 0 Å². The number of thioether (sulfide) groups is 1. The van der Waals surface area contributed by atoms with Gasteiger partial charge in [-0.05, 0) is 13.8 Å². The average Bonchev–Trinajstić information content (AvgIpc) is 2.69. The largest absolute Gasteiger partial charge is 0.480 e. The topological polar surface area (TPSA) is 243 Å². The van der Waals surface area contributed by atoms with Crippen molar-refractivity contribution >= 4 is 47.3 Å². The second kappa shape index (κ2) is 12.2. The molecule has 1 rings (SSSR count). The van der Waals surface area contributed by atoms with Crippen molar-refractivity contribution < 1.29 is 39.0 Å². The number of carboxylic acid groups (broad SMARTS) is 1. The molecule has 1 fully saturated rings. The number of nitrogens with one attached hydrogen (secondary N) is 4. The minimum atomic E-state index is -1.43. The fourth-order valence-electron chi connectivity index (χ4n) is 2.67. The molecule has 0 saturated carbocycles. The predicted octanol–water partition coefficient (Wildman–Crippen LogP) is -4.64. The lowest BCUT2D eigenvalue weighted by atomic mass is 10.1. The molecular formula is C17H28N6O8S. The molecule has 0 aromatic rings. The molecule has 1 aliphatic rings. The highest BCUT2D eigenvalue weighted by atomic mass is 32.2. The highest BCUT2D eigenvalue weighted by Crippen LogP contribution is 2.17. The summed E-state index contributed by atoms with van der Waals surface area (Å²) in [5.74, 6) is -5.82. The lowest BCUT2D eigenvalue weighted by Gasteiger charge is -2.27. The Morgan fingerprint density at radius 2 is 1.53 bits per heavy atom. The SMILES string of the molecule is CC1NC(=O)C(CC(N)=O)NC(=O)[C@H](C)NC(=O)C(CO)NC(=O)[C@@H](N)CSC1C(=O)O. The Morgan fingerprint density at radius 3 is 2.06 bits per heavy atom. The van der Waals surface area contributed by atoms with E-state index in [0.29, 0.717) is 0 Å². The van der Waals surface area contributed by atoms with Gasteiger partial charge in [0.05, 0.1) is 19.1 Å². The molecule has 32 heavy (non-hydrogen) atoms. The Kier molecular flexibility index (Phi) is 10.3. The van der Waals surface area contributed by atoms with Crippen molar-refractivity contribution in [1.29, 1.82) is 0 Å². The number of hydrogen-bond acceptors (Lipinski definition) is 9. The Hall–Kier alpha value is -2.91. The molecule has 0 spiro atoms. The first kappa shape index (κ1) is 27.1. The van der Waals surface area contributed by atoms with Crippen LogP contribution in [0.5, 0.6) is 0 Å². The first-order valence-electron chi connectivity index (χ1n) is 9.58. The standard InChI is InChI=1S/C17H28N6O8S/c1-6-12(17(30)31)32-5-8(18)14(27)23-10(4-24)16(29)21-7(2)13(26)22-9(3-11(19)25)15(28)20-6/h6-10,12,24H,3-5,18H2,1-2H3,(H2,19,25)(H,20,28)(H,21,29)(H,22,26)(H,23,27)(H,30,31)/t6?,7-,8-,9?,10?,12?/m0/s1. The minimum absolute atomic E-state index is 0.180. The first-order chi connectivity index (χ1) is 14.9.